The topological polar surface area (TPSA) is 143 Å². The number of pyridine rings is 1. The van der Waals surface area contributed by atoms with Gasteiger partial charge < -0.3 is 16.4 Å². The van der Waals surface area contributed by atoms with E-state index in [2.05, 4.69) is 60.9 Å². The number of fused-ring (bicyclic) bond motifs is 2. The van der Waals surface area contributed by atoms with Crippen molar-refractivity contribution in [3.8, 4) is 0 Å². The Morgan fingerprint density at radius 3 is 2.77 bits per heavy atom. The molecule has 9 nitrogen and oxygen atoms in total. The molecule has 1 fully saturated rings. The Morgan fingerprint density at radius 1 is 1.23 bits per heavy atom. The molecule has 1 unspecified atom stereocenters. The summed E-state index contributed by atoms with van der Waals surface area (Å²) in [5.74, 6) is 0.709. The summed E-state index contributed by atoms with van der Waals surface area (Å²) in [5, 5.41) is 7.79. The molecule has 0 radical (unpaired) electrons. The summed E-state index contributed by atoms with van der Waals surface area (Å²) in [4.78, 5) is 26.9. The van der Waals surface area contributed by atoms with Crippen LogP contribution in [0.4, 0.5) is 11.8 Å². The van der Waals surface area contributed by atoms with Gasteiger partial charge in [0, 0.05) is 36.5 Å². The number of hydrogen-bond acceptors (Lipinski definition) is 7. The number of aromatic amines is 2. The highest BCUT2D eigenvalue weighted by molar-refractivity contribution is 6.34. The van der Waals surface area contributed by atoms with Crippen molar-refractivity contribution in [1.82, 2.24) is 25.1 Å². The Labute approximate surface area is 206 Å². The van der Waals surface area contributed by atoms with Crippen molar-refractivity contribution in [2.24, 2.45) is 11.1 Å². The van der Waals surface area contributed by atoms with Crippen molar-refractivity contribution < 1.29 is 0 Å². The van der Waals surface area contributed by atoms with E-state index in [4.69, 9.17) is 23.1 Å². The smallest absolute Gasteiger partial charge is 0.264 e. The third-order valence-corrected chi connectivity index (χ3v) is 7.99. The number of nitrogens with two attached hydrogens (primary N) is 2. The van der Waals surface area contributed by atoms with E-state index in [-0.39, 0.29) is 27.9 Å². The number of rotatable bonds is 3. The molecule has 0 saturated carbocycles. The maximum atomic E-state index is 13.1. The molecule has 1 aliphatic carbocycles. The molecule has 178 valence electrons. The summed E-state index contributed by atoms with van der Waals surface area (Å²) in [6, 6.07) is 10.2. The second-order valence-electron chi connectivity index (χ2n) is 9.42. The number of piperidine rings is 1. The molecule has 1 spiro atoms. The lowest BCUT2D eigenvalue weighted by Crippen LogP contribution is -2.45. The number of nitrogen functional groups attached to an aromatic ring is 1. The highest BCUT2D eigenvalue weighted by Crippen LogP contribution is 2.50. The average molecular weight is 489 g/mol. The Bertz CT molecular complexity index is 1530. The van der Waals surface area contributed by atoms with Gasteiger partial charge in [-0.05, 0) is 41.9 Å². The van der Waals surface area contributed by atoms with Gasteiger partial charge in [-0.25, -0.2) is 4.98 Å². The zero-order valence-corrected chi connectivity index (χ0v) is 19.8. The van der Waals surface area contributed by atoms with Gasteiger partial charge in [-0.1, -0.05) is 42.4 Å². The predicted molar refractivity (Wildman–Crippen MR) is 137 cm³/mol. The summed E-state index contributed by atoms with van der Waals surface area (Å²) >= 11 is 6.31. The lowest BCUT2D eigenvalue weighted by Gasteiger charge is -2.42. The standard InChI is InChI=1S/C25H25ClN8O/c1-13(15-6-9-29-21(28)18(15)26)19-17-22(33-32-19)30-24(31-23(17)35)34-10-7-25(8-11-34)12-14-4-2-3-5-16(14)20(25)27/h2-6,9,20H,1,7-8,10-12,27H2,(H2,28,29)(H2,30,31,32,33,35). The molecule has 1 saturated heterocycles. The minimum atomic E-state index is -0.293. The monoisotopic (exact) mass is 488 g/mol. The van der Waals surface area contributed by atoms with E-state index in [1.54, 1.807) is 6.07 Å². The highest BCUT2D eigenvalue weighted by atomic mass is 35.5. The molecule has 35 heavy (non-hydrogen) atoms. The zero-order chi connectivity index (χ0) is 24.3. The molecule has 0 bridgehead atoms. The van der Waals surface area contributed by atoms with Crippen molar-refractivity contribution in [2.75, 3.05) is 23.7 Å². The molecule has 10 heteroatoms. The van der Waals surface area contributed by atoms with Crippen LogP contribution in [0.1, 0.15) is 41.3 Å². The number of halogens is 1. The minimum Gasteiger partial charge on any atom is -0.382 e. The van der Waals surface area contributed by atoms with Crippen LogP contribution in [0.25, 0.3) is 16.6 Å². The van der Waals surface area contributed by atoms with Crippen LogP contribution < -0.4 is 21.9 Å². The van der Waals surface area contributed by atoms with Gasteiger partial charge in [-0.2, -0.15) is 10.1 Å². The number of nitrogens with one attached hydrogen (secondary N) is 2. The van der Waals surface area contributed by atoms with Crippen LogP contribution in [0.15, 0.2) is 47.9 Å². The van der Waals surface area contributed by atoms with E-state index in [1.165, 1.54) is 17.3 Å². The quantitative estimate of drug-likeness (QED) is 0.347. The highest BCUT2D eigenvalue weighted by Gasteiger charge is 2.46. The Balaban J connectivity index is 1.27. The molecule has 1 atom stereocenters. The van der Waals surface area contributed by atoms with E-state index >= 15 is 0 Å². The molecule has 1 aliphatic heterocycles. The van der Waals surface area contributed by atoms with Gasteiger partial charge in [-0.15, -0.1) is 0 Å². The van der Waals surface area contributed by atoms with Crippen molar-refractivity contribution in [2.45, 2.75) is 25.3 Å². The van der Waals surface area contributed by atoms with E-state index in [9.17, 15) is 4.79 Å². The SMILES string of the molecule is C=C(c1ccnc(N)c1Cl)c1n[nH]c2nc(N3CCC4(CC3)Cc3ccccc3C4N)[nH]c(=O)c12. The molecule has 4 aromatic rings. The van der Waals surface area contributed by atoms with Gasteiger partial charge >= 0.3 is 0 Å². The molecular weight excluding hydrogens is 464 g/mol. The van der Waals surface area contributed by atoms with Gasteiger partial charge in [0.25, 0.3) is 5.56 Å². The fourth-order valence-electron chi connectivity index (χ4n) is 5.58. The second kappa shape index (κ2) is 7.93. The molecule has 6 N–H and O–H groups in total. The van der Waals surface area contributed by atoms with Gasteiger partial charge in [-0.3, -0.25) is 14.9 Å². The van der Waals surface area contributed by atoms with Crippen LogP contribution in [0, 0.1) is 5.41 Å². The summed E-state index contributed by atoms with van der Waals surface area (Å²) in [5.41, 5.74) is 16.7. The van der Waals surface area contributed by atoms with Gasteiger partial charge in [0.15, 0.2) is 5.65 Å². The second-order valence-corrected chi connectivity index (χ2v) is 9.80. The zero-order valence-electron chi connectivity index (χ0n) is 19.0. The van der Waals surface area contributed by atoms with Crippen LogP contribution in [0.3, 0.4) is 0 Å². The van der Waals surface area contributed by atoms with Crippen LogP contribution in [0.2, 0.25) is 5.02 Å². The molecule has 3 aromatic heterocycles. The number of H-pyrrole nitrogens is 2. The van der Waals surface area contributed by atoms with Crippen molar-refractivity contribution >= 4 is 40.0 Å². The number of benzene rings is 1. The van der Waals surface area contributed by atoms with E-state index in [0.29, 0.717) is 33.8 Å². The molecule has 0 amide bonds. The van der Waals surface area contributed by atoms with Crippen LogP contribution in [-0.2, 0) is 6.42 Å². The first-order chi connectivity index (χ1) is 16.9. The van der Waals surface area contributed by atoms with Crippen molar-refractivity contribution in [3.05, 3.63) is 80.9 Å². The first-order valence-corrected chi connectivity index (χ1v) is 11.9. The molecule has 1 aromatic carbocycles. The van der Waals surface area contributed by atoms with Crippen LogP contribution in [-0.4, -0.2) is 38.2 Å². The number of hydrogen-bond donors (Lipinski definition) is 4. The summed E-state index contributed by atoms with van der Waals surface area (Å²) < 4.78 is 0. The Morgan fingerprint density at radius 2 is 2.00 bits per heavy atom. The molecule has 4 heterocycles. The Hall–Kier alpha value is -3.69. The van der Waals surface area contributed by atoms with E-state index < -0.39 is 0 Å². The molecule has 2 aliphatic rings. The van der Waals surface area contributed by atoms with Crippen molar-refractivity contribution in [1.29, 1.82) is 0 Å². The first kappa shape index (κ1) is 21.8. The molecule has 6 rings (SSSR count). The van der Waals surface area contributed by atoms with Gasteiger partial charge in [0.05, 0.1) is 5.02 Å². The molecular formula is C25H25ClN8O. The normalized spacial score (nSPS) is 18.8. The van der Waals surface area contributed by atoms with Gasteiger partial charge in [0.2, 0.25) is 5.95 Å². The van der Waals surface area contributed by atoms with Crippen LogP contribution >= 0.6 is 11.6 Å². The van der Waals surface area contributed by atoms with Crippen molar-refractivity contribution in [3.63, 3.8) is 0 Å². The summed E-state index contributed by atoms with van der Waals surface area (Å²) in [6.07, 6.45) is 4.39. The average Bonchev–Trinajstić information content (AvgIpc) is 3.41. The maximum absolute atomic E-state index is 13.1. The maximum Gasteiger partial charge on any atom is 0.264 e. The van der Waals surface area contributed by atoms with E-state index in [0.717, 1.165) is 32.4 Å². The lowest BCUT2D eigenvalue weighted by molar-refractivity contribution is 0.187. The van der Waals surface area contributed by atoms with Crippen LogP contribution in [0.5, 0.6) is 0 Å². The number of nitrogens with zero attached hydrogens (tertiary/aromatic N) is 4. The predicted octanol–water partition coefficient (Wildman–Crippen LogP) is 3.18. The third kappa shape index (κ3) is 3.34. The minimum absolute atomic E-state index is 0.0329. The number of aromatic nitrogens is 5. The lowest BCUT2D eigenvalue weighted by atomic mass is 9.73. The first-order valence-electron chi connectivity index (χ1n) is 11.5. The van der Waals surface area contributed by atoms with E-state index in [1.807, 2.05) is 0 Å². The third-order valence-electron chi connectivity index (χ3n) is 7.60. The van der Waals surface area contributed by atoms with Gasteiger partial charge in [0.1, 0.15) is 16.9 Å². The summed E-state index contributed by atoms with van der Waals surface area (Å²) in [7, 11) is 0. The fraction of sp³-hybridized carbons (Fsp3) is 0.280. The largest absolute Gasteiger partial charge is 0.382 e. The summed E-state index contributed by atoms with van der Waals surface area (Å²) in [6.45, 7) is 5.60. The Kier molecular flexibility index (Phi) is 4.94. The number of anilines is 2. The fourth-order valence-corrected chi connectivity index (χ4v) is 5.81.